The van der Waals surface area contributed by atoms with E-state index in [9.17, 15) is 9.59 Å². The van der Waals surface area contributed by atoms with Gasteiger partial charge in [0.25, 0.3) is 0 Å². The molecule has 5 heteroatoms. The summed E-state index contributed by atoms with van der Waals surface area (Å²) >= 11 is 3.52. The molecule has 0 aromatic heterocycles. The third-order valence-electron chi connectivity index (χ3n) is 4.82. The number of anilines is 1. The van der Waals surface area contributed by atoms with E-state index in [0.717, 1.165) is 26.9 Å². The summed E-state index contributed by atoms with van der Waals surface area (Å²) in [4.78, 5) is 27.4. The lowest BCUT2D eigenvalue weighted by Gasteiger charge is -2.29. The number of hydrogen-bond donors (Lipinski definition) is 1. The van der Waals surface area contributed by atoms with Crippen LogP contribution in [0.1, 0.15) is 22.7 Å². The zero-order valence-electron chi connectivity index (χ0n) is 15.6. The number of carbonyl (C=O) groups excluding carboxylic acids is 2. The Morgan fingerprint density at radius 3 is 2.41 bits per heavy atom. The molecule has 1 heterocycles. The Hall–Kier alpha value is -3.18. The number of fused-ring (bicyclic) bond motifs is 1. The lowest BCUT2D eigenvalue weighted by Crippen LogP contribution is -2.38. The van der Waals surface area contributed by atoms with Crippen LogP contribution in [0.2, 0.25) is 0 Å². The van der Waals surface area contributed by atoms with E-state index in [1.54, 1.807) is 11.0 Å². The fourth-order valence-corrected chi connectivity index (χ4v) is 3.88. The molecule has 3 aromatic carbocycles. The van der Waals surface area contributed by atoms with E-state index in [4.69, 9.17) is 0 Å². The third kappa shape index (κ3) is 4.30. The van der Waals surface area contributed by atoms with Crippen molar-refractivity contribution in [2.24, 2.45) is 0 Å². The van der Waals surface area contributed by atoms with Crippen LogP contribution >= 0.6 is 15.9 Å². The SMILES string of the molecule is O=C1CN(C(=O)/C=C/c2ccccc2)C(c2ccccc2)c2cc(Br)ccc2N1. The van der Waals surface area contributed by atoms with Gasteiger partial charge in [-0.15, -0.1) is 0 Å². The van der Waals surface area contributed by atoms with Gasteiger partial charge in [0.15, 0.2) is 0 Å². The second kappa shape index (κ2) is 8.45. The van der Waals surface area contributed by atoms with Crippen LogP contribution < -0.4 is 5.32 Å². The zero-order valence-corrected chi connectivity index (χ0v) is 17.2. The largest absolute Gasteiger partial charge is 0.324 e. The Labute approximate surface area is 178 Å². The topological polar surface area (TPSA) is 49.4 Å². The molecular formula is C24H19BrN2O2. The predicted octanol–water partition coefficient (Wildman–Crippen LogP) is 5.03. The van der Waals surface area contributed by atoms with Crippen molar-refractivity contribution < 1.29 is 9.59 Å². The normalized spacial score (nSPS) is 16.2. The van der Waals surface area contributed by atoms with E-state index in [-0.39, 0.29) is 24.4 Å². The number of halogens is 1. The zero-order chi connectivity index (χ0) is 20.2. The van der Waals surface area contributed by atoms with Crippen LogP contribution in [-0.4, -0.2) is 23.3 Å². The predicted molar refractivity (Wildman–Crippen MR) is 118 cm³/mol. The summed E-state index contributed by atoms with van der Waals surface area (Å²) in [5.74, 6) is -0.431. The van der Waals surface area contributed by atoms with Crippen molar-refractivity contribution >= 4 is 39.5 Å². The molecule has 1 unspecified atom stereocenters. The van der Waals surface area contributed by atoms with Gasteiger partial charge in [-0.3, -0.25) is 9.59 Å². The summed E-state index contributed by atoms with van der Waals surface area (Å²) in [5, 5.41) is 2.93. The van der Waals surface area contributed by atoms with Crippen LogP contribution in [0.25, 0.3) is 6.08 Å². The van der Waals surface area contributed by atoms with Crippen molar-refractivity contribution in [2.45, 2.75) is 6.04 Å². The third-order valence-corrected chi connectivity index (χ3v) is 5.32. The van der Waals surface area contributed by atoms with Crippen LogP contribution in [0.4, 0.5) is 5.69 Å². The highest BCUT2D eigenvalue weighted by molar-refractivity contribution is 9.10. The van der Waals surface area contributed by atoms with E-state index in [1.165, 1.54) is 6.08 Å². The van der Waals surface area contributed by atoms with Gasteiger partial charge in [0.1, 0.15) is 6.54 Å². The second-order valence-corrected chi connectivity index (χ2v) is 7.72. The van der Waals surface area contributed by atoms with Gasteiger partial charge in [-0.2, -0.15) is 0 Å². The van der Waals surface area contributed by atoms with Gasteiger partial charge in [-0.1, -0.05) is 76.6 Å². The molecular weight excluding hydrogens is 428 g/mol. The Bertz CT molecular complexity index is 1060. The molecule has 1 atom stereocenters. The van der Waals surface area contributed by atoms with Gasteiger partial charge in [0, 0.05) is 21.8 Å². The van der Waals surface area contributed by atoms with Crippen LogP contribution in [0.15, 0.2) is 89.4 Å². The first-order chi connectivity index (χ1) is 14.1. The molecule has 0 saturated heterocycles. The minimum atomic E-state index is -0.379. The first kappa shape index (κ1) is 19.2. The molecule has 3 aromatic rings. The summed E-state index contributed by atoms with van der Waals surface area (Å²) in [7, 11) is 0. The van der Waals surface area contributed by atoms with Gasteiger partial charge in [0.2, 0.25) is 11.8 Å². The molecule has 0 spiro atoms. The van der Waals surface area contributed by atoms with Crippen molar-refractivity contribution in [3.05, 3.63) is 106 Å². The van der Waals surface area contributed by atoms with E-state index in [0.29, 0.717) is 0 Å². The summed E-state index contributed by atoms with van der Waals surface area (Å²) in [6, 6.07) is 24.7. The molecule has 0 bridgehead atoms. The Balaban J connectivity index is 1.78. The average Bonchev–Trinajstić information content (AvgIpc) is 2.89. The van der Waals surface area contributed by atoms with Crippen molar-refractivity contribution in [1.82, 2.24) is 4.90 Å². The lowest BCUT2D eigenvalue weighted by molar-refractivity contribution is -0.131. The maximum atomic E-state index is 13.2. The maximum absolute atomic E-state index is 13.2. The first-order valence-corrected chi connectivity index (χ1v) is 10.1. The molecule has 4 rings (SSSR count). The van der Waals surface area contributed by atoms with Crippen molar-refractivity contribution in [3.63, 3.8) is 0 Å². The van der Waals surface area contributed by atoms with Crippen molar-refractivity contribution in [2.75, 3.05) is 11.9 Å². The highest BCUT2D eigenvalue weighted by Gasteiger charge is 2.32. The average molecular weight is 447 g/mol. The fourth-order valence-electron chi connectivity index (χ4n) is 3.50. The van der Waals surface area contributed by atoms with Gasteiger partial charge in [-0.05, 0) is 35.4 Å². The van der Waals surface area contributed by atoms with Crippen LogP contribution in [0, 0.1) is 0 Å². The van der Waals surface area contributed by atoms with E-state index in [1.807, 2.05) is 78.9 Å². The molecule has 0 saturated carbocycles. The standard InChI is InChI=1S/C24H19BrN2O2/c25-19-12-13-21-20(15-19)24(18-9-5-2-6-10-18)27(16-22(28)26-21)23(29)14-11-17-7-3-1-4-8-17/h1-15,24H,16H2,(H,26,28)/b14-11+. The second-order valence-electron chi connectivity index (χ2n) is 6.80. The minimum absolute atomic E-state index is 0.0240. The number of carbonyl (C=O) groups is 2. The summed E-state index contributed by atoms with van der Waals surface area (Å²) in [6.07, 6.45) is 3.30. The fraction of sp³-hybridized carbons (Fsp3) is 0.0833. The van der Waals surface area contributed by atoms with E-state index >= 15 is 0 Å². The molecule has 4 nitrogen and oxygen atoms in total. The maximum Gasteiger partial charge on any atom is 0.247 e. The molecule has 29 heavy (non-hydrogen) atoms. The molecule has 1 aliphatic rings. The highest BCUT2D eigenvalue weighted by atomic mass is 79.9. The van der Waals surface area contributed by atoms with Gasteiger partial charge < -0.3 is 10.2 Å². The van der Waals surface area contributed by atoms with Crippen molar-refractivity contribution in [3.8, 4) is 0 Å². The highest BCUT2D eigenvalue weighted by Crippen LogP contribution is 2.37. The van der Waals surface area contributed by atoms with Gasteiger partial charge in [0.05, 0.1) is 6.04 Å². The quantitative estimate of drug-likeness (QED) is 0.573. The smallest absolute Gasteiger partial charge is 0.247 e. The molecule has 0 fully saturated rings. The lowest BCUT2D eigenvalue weighted by atomic mass is 9.96. The minimum Gasteiger partial charge on any atom is -0.324 e. The van der Waals surface area contributed by atoms with E-state index < -0.39 is 0 Å². The number of amides is 2. The van der Waals surface area contributed by atoms with Crippen LogP contribution in [-0.2, 0) is 9.59 Å². The number of benzene rings is 3. The number of nitrogens with one attached hydrogen (secondary N) is 1. The summed E-state index contributed by atoms with van der Waals surface area (Å²) < 4.78 is 0.889. The summed E-state index contributed by atoms with van der Waals surface area (Å²) in [6.45, 7) is -0.0240. The first-order valence-electron chi connectivity index (χ1n) is 9.30. The molecule has 144 valence electrons. The Morgan fingerprint density at radius 2 is 1.69 bits per heavy atom. The van der Waals surface area contributed by atoms with Gasteiger partial charge >= 0.3 is 0 Å². The molecule has 1 aliphatic heterocycles. The van der Waals surface area contributed by atoms with Crippen LogP contribution in [0.3, 0.4) is 0 Å². The number of rotatable bonds is 3. The molecule has 1 N–H and O–H groups in total. The Kier molecular flexibility index (Phi) is 5.58. The van der Waals surface area contributed by atoms with E-state index in [2.05, 4.69) is 21.2 Å². The van der Waals surface area contributed by atoms with Crippen LogP contribution in [0.5, 0.6) is 0 Å². The molecule has 0 radical (unpaired) electrons. The summed E-state index contributed by atoms with van der Waals surface area (Å²) in [5.41, 5.74) is 3.47. The number of nitrogens with zero attached hydrogens (tertiary/aromatic N) is 1. The molecule has 0 aliphatic carbocycles. The monoisotopic (exact) mass is 446 g/mol. The number of hydrogen-bond acceptors (Lipinski definition) is 2. The van der Waals surface area contributed by atoms with Crippen molar-refractivity contribution in [1.29, 1.82) is 0 Å². The Morgan fingerprint density at radius 1 is 1.00 bits per heavy atom. The van der Waals surface area contributed by atoms with Gasteiger partial charge in [-0.25, -0.2) is 0 Å². The molecule has 2 amide bonds.